The van der Waals surface area contributed by atoms with Gasteiger partial charge >= 0.3 is 0 Å². The molecule has 28 heavy (non-hydrogen) atoms. The summed E-state index contributed by atoms with van der Waals surface area (Å²) in [6.45, 7) is 11.3. The van der Waals surface area contributed by atoms with Crippen LogP contribution in [0.5, 0.6) is 0 Å². The van der Waals surface area contributed by atoms with E-state index in [9.17, 15) is 4.79 Å². The van der Waals surface area contributed by atoms with Gasteiger partial charge in [0.15, 0.2) is 5.76 Å². The zero-order valence-electron chi connectivity index (χ0n) is 17.1. The Kier molecular flexibility index (Phi) is 3.43. The van der Waals surface area contributed by atoms with E-state index >= 15 is 0 Å². The second-order valence-corrected chi connectivity index (χ2v) is 9.64. The molecule has 1 unspecified atom stereocenters. The van der Waals surface area contributed by atoms with Gasteiger partial charge in [-0.15, -0.1) is 5.48 Å². The normalized spacial score (nSPS) is 22.2. The molecule has 5 rings (SSSR count). The second kappa shape index (κ2) is 5.48. The molecule has 3 aliphatic rings. The summed E-state index contributed by atoms with van der Waals surface area (Å²) >= 11 is 0. The van der Waals surface area contributed by atoms with Crippen molar-refractivity contribution < 1.29 is 9.63 Å². The number of rotatable bonds is 0. The summed E-state index contributed by atoms with van der Waals surface area (Å²) in [6, 6.07) is 14.7. The SMILES string of the molecule is CC1(C)C(=O)N2Cc3ccccc3C3=C(ONC3C(C)(C)C)c3cccc1c32. The lowest BCUT2D eigenvalue weighted by atomic mass is 9.78. The van der Waals surface area contributed by atoms with Gasteiger partial charge in [-0.05, 0) is 42.0 Å². The lowest BCUT2D eigenvalue weighted by Crippen LogP contribution is -2.38. The van der Waals surface area contributed by atoms with Crippen LogP contribution in [0.3, 0.4) is 0 Å². The van der Waals surface area contributed by atoms with Crippen LogP contribution in [0.2, 0.25) is 0 Å². The molecule has 3 aliphatic heterocycles. The standard InChI is InChI=1S/C24H26N2O2/c1-23(2,3)21-18-15-10-7-6-9-14(15)13-26-19-16(20(18)28-25-21)11-8-12-17(19)24(4,5)22(26)27/h6-12,21,25H,13H2,1-5H3. The minimum atomic E-state index is -0.541. The molecule has 2 aromatic carbocycles. The number of hydrogen-bond acceptors (Lipinski definition) is 3. The maximum absolute atomic E-state index is 13.3. The molecule has 3 heterocycles. The van der Waals surface area contributed by atoms with E-state index in [4.69, 9.17) is 4.84 Å². The Bertz CT molecular complexity index is 1040. The summed E-state index contributed by atoms with van der Waals surface area (Å²) in [5, 5.41) is 0. The van der Waals surface area contributed by atoms with Gasteiger partial charge in [0.25, 0.3) is 0 Å². The third-order valence-corrected chi connectivity index (χ3v) is 6.32. The minimum Gasteiger partial charge on any atom is -0.407 e. The summed E-state index contributed by atoms with van der Waals surface area (Å²) in [5.41, 5.74) is 9.30. The third kappa shape index (κ3) is 2.18. The molecule has 1 amide bonds. The molecule has 0 aromatic heterocycles. The van der Waals surface area contributed by atoms with E-state index in [-0.39, 0.29) is 17.4 Å². The molecule has 0 spiro atoms. The van der Waals surface area contributed by atoms with E-state index in [1.165, 1.54) is 5.57 Å². The minimum absolute atomic E-state index is 0.0177. The molecule has 0 saturated carbocycles. The van der Waals surface area contributed by atoms with Crippen LogP contribution < -0.4 is 10.4 Å². The number of nitrogens with zero attached hydrogens (tertiary/aromatic N) is 1. The first-order valence-corrected chi connectivity index (χ1v) is 9.92. The number of benzene rings is 2. The Hall–Kier alpha value is -2.59. The predicted molar refractivity (Wildman–Crippen MR) is 111 cm³/mol. The molecule has 144 valence electrons. The van der Waals surface area contributed by atoms with Crippen LogP contribution in [0.4, 0.5) is 5.69 Å². The van der Waals surface area contributed by atoms with Crippen molar-refractivity contribution in [3.63, 3.8) is 0 Å². The molecule has 4 heteroatoms. The van der Waals surface area contributed by atoms with Gasteiger partial charge in [0.2, 0.25) is 5.91 Å². The van der Waals surface area contributed by atoms with Crippen molar-refractivity contribution in [2.24, 2.45) is 5.41 Å². The van der Waals surface area contributed by atoms with E-state index in [2.05, 4.69) is 62.6 Å². The molecule has 2 aromatic rings. The molecular formula is C24H26N2O2. The topological polar surface area (TPSA) is 41.6 Å². The van der Waals surface area contributed by atoms with Gasteiger partial charge in [0.05, 0.1) is 23.7 Å². The van der Waals surface area contributed by atoms with Crippen molar-refractivity contribution in [3.8, 4) is 0 Å². The Labute approximate surface area is 166 Å². The summed E-state index contributed by atoms with van der Waals surface area (Å²) < 4.78 is 0. The Morgan fingerprint density at radius 2 is 1.79 bits per heavy atom. The van der Waals surface area contributed by atoms with E-state index < -0.39 is 5.41 Å². The lowest BCUT2D eigenvalue weighted by molar-refractivity contribution is -0.122. The predicted octanol–water partition coefficient (Wildman–Crippen LogP) is 4.64. The Morgan fingerprint density at radius 3 is 2.54 bits per heavy atom. The molecule has 1 N–H and O–H groups in total. The zero-order chi connectivity index (χ0) is 19.8. The zero-order valence-corrected chi connectivity index (χ0v) is 17.1. The molecule has 0 saturated heterocycles. The van der Waals surface area contributed by atoms with Crippen LogP contribution in [0.25, 0.3) is 11.3 Å². The fourth-order valence-corrected chi connectivity index (χ4v) is 4.77. The van der Waals surface area contributed by atoms with E-state index in [1.807, 2.05) is 24.8 Å². The number of carbonyl (C=O) groups excluding carboxylic acids is 1. The molecule has 0 radical (unpaired) electrons. The Morgan fingerprint density at radius 1 is 1.07 bits per heavy atom. The van der Waals surface area contributed by atoms with Crippen LogP contribution in [0.15, 0.2) is 42.5 Å². The number of nitrogens with one attached hydrogen (secondary N) is 1. The number of amides is 1. The largest absolute Gasteiger partial charge is 0.407 e. The van der Waals surface area contributed by atoms with E-state index in [0.29, 0.717) is 6.54 Å². The molecular weight excluding hydrogens is 348 g/mol. The Balaban J connectivity index is 1.87. The highest BCUT2D eigenvalue weighted by atomic mass is 16.7. The maximum Gasteiger partial charge on any atom is 0.237 e. The van der Waals surface area contributed by atoms with Gasteiger partial charge in [0.1, 0.15) is 0 Å². The van der Waals surface area contributed by atoms with Crippen molar-refractivity contribution in [3.05, 3.63) is 64.7 Å². The number of para-hydroxylation sites is 1. The fraction of sp³-hybridized carbons (Fsp3) is 0.375. The van der Waals surface area contributed by atoms with Crippen molar-refractivity contribution in [1.29, 1.82) is 0 Å². The van der Waals surface area contributed by atoms with Crippen molar-refractivity contribution >= 4 is 22.9 Å². The maximum atomic E-state index is 13.3. The molecule has 1 atom stereocenters. The third-order valence-electron chi connectivity index (χ3n) is 6.32. The molecule has 4 nitrogen and oxygen atoms in total. The van der Waals surface area contributed by atoms with Gasteiger partial charge in [-0.2, -0.15) is 0 Å². The van der Waals surface area contributed by atoms with Crippen LogP contribution in [0.1, 0.15) is 56.9 Å². The van der Waals surface area contributed by atoms with Crippen molar-refractivity contribution in [2.45, 2.75) is 52.6 Å². The fourth-order valence-electron chi connectivity index (χ4n) is 4.77. The van der Waals surface area contributed by atoms with Crippen LogP contribution in [0, 0.1) is 5.41 Å². The smallest absolute Gasteiger partial charge is 0.237 e. The van der Waals surface area contributed by atoms with Gasteiger partial charge in [-0.1, -0.05) is 57.2 Å². The first kappa shape index (κ1) is 17.5. The first-order chi connectivity index (χ1) is 13.2. The quantitative estimate of drug-likeness (QED) is 0.730. The lowest BCUT2D eigenvalue weighted by Gasteiger charge is -2.30. The van der Waals surface area contributed by atoms with Crippen molar-refractivity contribution in [1.82, 2.24) is 5.48 Å². The summed E-state index contributed by atoms with van der Waals surface area (Å²) in [4.78, 5) is 21.4. The number of hydroxylamine groups is 1. The second-order valence-electron chi connectivity index (χ2n) is 9.64. The number of hydrogen-bond donors (Lipinski definition) is 1. The molecule has 0 aliphatic carbocycles. The van der Waals surface area contributed by atoms with Gasteiger partial charge in [-0.3, -0.25) is 4.79 Å². The highest BCUT2D eigenvalue weighted by Gasteiger charge is 2.48. The van der Waals surface area contributed by atoms with Gasteiger partial charge in [-0.25, -0.2) is 0 Å². The summed E-state index contributed by atoms with van der Waals surface area (Å²) in [6.07, 6.45) is 0. The van der Waals surface area contributed by atoms with E-state index in [1.54, 1.807) is 0 Å². The number of anilines is 1. The highest BCUT2D eigenvalue weighted by Crippen LogP contribution is 2.51. The average Bonchev–Trinajstić information content (AvgIpc) is 3.15. The highest BCUT2D eigenvalue weighted by molar-refractivity contribution is 6.11. The number of carbonyl (C=O) groups is 1. The molecule has 0 fully saturated rings. The average molecular weight is 374 g/mol. The van der Waals surface area contributed by atoms with Gasteiger partial charge < -0.3 is 9.74 Å². The monoisotopic (exact) mass is 374 g/mol. The van der Waals surface area contributed by atoms with Gasteiger partial charge in [0, 0.05) is 11.1 Å². The van der Waals surface area contributed by atoms with Crippen molar-refractivity contribution in [2.75, 3.05) is 4.90 Å². The van der Waals surface area contributed by atoms with Crippen LogP contribution in [-0.4, -0.2) is 11.9 Å². The van der Waals surface area contributed by atoms with E-state index in [0.717, 1.165) is 33.7 Å². The first-order valence-electron chi connectivity index (χ1n) is 9.92. The summed E-state index contributed by atoms with van der Waals surface area (Å²) in [5.74, 6) is 0.992. The van der Waals surface area contributed by atoms with Crippen LogP contribution >= 0.6 is 0 Å². The summed E-state index contributed by atoms with van der Waals surface area (Å²) in [7, 11) is 0. The number of fused-ring (bicyclic) bond motifs is 3. The molecule has 0 bridgehead atoms. The van der Waals surface area contributed by atoms with Crippen LogP contribution in [-0.2, 0) is 21.6 Å².